The van der Waals surface area contributed by atoms with Crippen molar-refractivity contribution in [1.82, 2.24) is 0 Å². The smallest absolute Gasteiger partial charge is 0.298 e. The summed E-state index contributed by atoms with van der Waals surface area (Å²) in [6.07, 6.45) is 1.80. The summed E-state index contributed by atoms with van der Waals surface area (Å²) in [5.74, 6) is -0.473. The van der Waals surface area contributed by atoms with Crippen LogP contribution in [-0.4, -0.2) is 21.7 Å². The average Bonchev–Trinajstić information content (AvgIpc) is 2.72. The Hall–Kier alpha value is -3.53. The minimum Gasteiger partial charge on any atom is -0.298 e. The molecule has 0 saturated heterocycles. The number of nitrogens with zero attached hydrogens (tertiary/aromatic N) is 3. The van der Waals surface area contributed by atoms with Crippen LogP contribution in [0.5, 0.6) is 0 Å². The summed E-state index contributed by atoms with van der Waals surface area (Å²) < 4.78 is 0. The van der Waals surface area contributed by atoms with Crippen LogP contribution >= 0.6 is 11.6 Å². The quantitative estimate of drug-likeness (QED) is 0.380. The summed E-state index contributed by atoms with van der Waals surface area (Å²) in [6, 6.07) is 10.0. The summed E-state index contributed by atoms with van der Waals surface area (Å²) in [5.41, 5.74) is 0.491. The zero-order chi connectivity index (χ0) is 21.7. The highest BCUT2D eigenvalue weighted by Gasteiger charge is 2.31. The molecule has 2 aromatic rings. The molecular formula is C19H17ClN4O6. The first-order valence-electron chi connectivity index (χ1n) is 9.08. The van der Waals surface area contributed by atoms with Crippen molar-refractivity contribution in [2.45, 2.75) is 31.6 Å². The largest absolute Gasteiger partial charge is 0.437 e. The number of non-ortho nitro benzene ring substituents is 1. The van der Waals surface area contributed by atoms with Gasteiger partial charge in [0, 0.05) is 28.3 Å². The highest BCUT2D eigenvalue weighted by molar-refractivity contribution is 6.30. The fraction of sp³-hybridized carbons (Fsp3) is 0.263. The van der Waals surface area contributed by atoms with Gasteiger partial charge in [0.05, 0.1) is 21.6 Å². The minimum atomic E-state index is -0.827. The fourth-order valence-electron chi connectivity index (χ4n) is 3.35. The number of carbonyl (C=O) groups is 1. The zero-order valence-electron chi connectivity index (χ0n) is 15.6. The molecule has 0 spiro atoms. The van der Waals surface area contributed by atoms with Gasteiger partial charge in [-0.3, -0.25) is 30.4 Å². The van der Waals surface area contributed by atoms with Crippen molar-refractivity contribution in [2.24, 2.45) is 5.16 Å². The number of halogens is 1. The number of carbonyl (C=O) groups excluding carboxylic acids is 1. The van der Waals surface area contributed by atoms with E-state index in [2.05, 4.69) is 10.5 Å². The van der Waals surface area contributed by atoms with Crippen molar-refractivity contribution < 1.29 is 19.5 Å². The molecule has 1 aliphatic rings. The molecular weight excluding hydrogens is 416 g/mol. The summed E-state index contributed by atoms with van der Waals surface area (Å²) >= 11 is 5.87. The molecule has 1 aliphatic carbocycles. The minimum absolute atomic E-state index is 0.308. The van der Waals surface area contributed by atoms with Crippen LogP contribution in [0, 0.1) is 20.2 Å². The fourth-order valence-corrected chi connectivity index (χ4v) is 3.54. The summed E-state index contributed by atoms with van der Waals surface area (Å²) in [4.78, 5) is 38.1. The molecule has 0 unspecified atom stereocenters. The molecule has 0 bridgehead atoms. The Labute approximate surface area is 175 Å². The third kappa shape index (κ3) is 5.09. The van der Waals surface area contributed by atoms with Gasteiger partial charge in [-0.1, -0.05) is 29.2 Å². The molecule has 10 nitrogen and oxygen atoms in total. The Bertz CT molecular complexity index is 1030. The molecule has 0 aromatic heterocycles. The number of nitro benzene ring substituents is 2. The number of oxime groups is 1. The SMILES string of the molecule is O=C(Nc1cccc(Cl)c1)O/N=C1/CCCC[C@@H]1c1ccc([N+](=O)[O-])cc1[N+](=O)[O-]. The maximum atomic E-state index is 12.0. The molecule has 2 aromatic carbocycles. The number of rotatable bonds is 5. The van der Waals surface area contributed by atoms with Crippen LogP contribution < -0.4 is 5.32 Å². The standard InChI is InChI=1S/C19H17ClN4O6/c20-12-4-3-5-13(10-12)21-19(25)30-22-17-7-2-1-6-15(17)16-9-8-14(23(26)27)11-18(16)24(28)29/h3-5,8-11,15H,1-2,6-7H2,(H,21,25)/b22-17-/t15-/m1/s1. The Morgan fingerprint density at radius 2 is 1.93 bits per heavy atom. The Morgan fingerprint density at radius 1 is 1.13 bits per heavy atom. The number of hydrogen-bond acceptors (Lipinski definition) is 7. The van der Waals surface area contributed by atoms with Gasteiger partial charge >= 0.3 is 6.09 Å². The van der Waals surface area contributed by atoms with E-state index < -0.39 is 21.9 Å². The molecule has 1 atom stereocenters. The van der Waals surface area contributed by atoms with Crippen LogP contribution in [0.2, 0.25) is 5.02 Å². The van der Waals surface area contributed by atoms with Gasteiger partial charge in [-0.05, 0) is 43.5 Å². The molecule has 0 radical (unpaired) electrons. The lowest BCUT2D eigenvalue weighted by atomic mass is 9.81. The second-order valence-electron chi connectivity index (χ2n) is 6.65. The van der Waals surface area contributed by atoms with Crippen molar-refractivity contribution in [3.8, 4) is 0 Å². The third-order valence-electron chi connectivity index (χ3n) is 4.69. The second kappa shape index (κ2) is 9.31. The summed E-state index contributed by atoms with van der Waals surface area (Å²) in [7, 11) is 0. The number of nitro groups is 2. The second-order valence-corrected chi connectivity index (χ2v) is 7.09. The maximum Gasteiger partial charge on any atom is 0.437 e. The van der Waals surface area contributed by atoms with Gasteiger partial charge in [0.2, 0.25) is 0 Å². The summed E-state index contributed by atoms with van der Waals surface area (Å²) in [6.45, 7) is 0. The zero-order valence-corrected chi connectivity index (χ0v) is 16.4. The van der Waals surface area contributed by atoms with Crippen LogP contribution in [0.15, 0.2) is 47.6 Å². The molecule has 1 N–H and O–H groups in total. The third-order valence-corrected chi connectivity index (χ3v) is 4.93. The Kier molecular flexibility index (Phi) is 6.58. The van der Waals surface area contributed by atoms with E-state index in [9.17, 15) is 25.0 Å². The first-order chi connectivity index (χ1) is 14.3. The number of anilines is 1. The van der Waals surface area contributed by atoms with Crippen molar-refractivity contribution in [2.75, 3.05) is 5.32 Å². The number of hydrogen-bond donors (Lipinski definition) is 1. The van der Waals surface area contributed by atoms with E-state index in [4.69, 9.17) is 16.4 Å². The van der Waals surface area contributed by atoms with Gasteiger partial charge in [0.25, 0.3) is 11.4 Å². The van der Waals surface area contributed by atoms with Gasteiger partial charge < -0.3 is 0 Å². The van der Waals surface area contributed by atoms with Crippen molar-refractivity contribution >= 4 is 40.5 Å². The van der Waals surface area contributed by atoms with Crippen molar-refractivity contribution in [3.05, 3.63) is 73.3 Å². The van der Waals surface area contributed by atoms with Gasteiger partial charge in [-0.25, -0.2) is 4.79 Å². The highest BCUT2D eigenvalue weighted by atomic mass is 35.5. The number of benzene rings is 2. The van der Waals surface area contributed by atoms with E-state index in [0.717, 1.165) is 18.9 Å². The molecule has 1 fully saturated rings. The van der Waals surface area contributed by atoms with E-state index in [0.29, 0.717) is 34.8 Å². The molecule has 156 valence electrons. The van der Waals surface area contributed by atoms with Gasteiger partial charge in [0.1, 0.15) is 0 Å². The van der Waals surface area contributed by atoms with Crippen LogP contribution in [0.25, 0.3) is 0 Å². The molecule has 0 heterocycles. The predicted octanol–water partition coefficient (Wildman–Crippen LogP) is 5.42. The van der Waals surface area contributed by atoms with Gasteiger partial charge in [-0.15, -0.1) is 0 Å². The van der Waals surface area contributed by atoms with E-state index in [-0.39, 0.29) is 11.4 Å². The molecule has 30 heavy (non-hydrogen) atoms. The maximum absolute atomic E-state index is 12.0. The Morgan fingerprint density at radius 3 is 2.63 bits per heavy atom. The van der Waals surface area contributed by atoms with E-state index in [1.807, 2.05) is 0 Å². The first-order valence-corrected chi connectivity index (χ1v) is 9.46. The number of amides is 1. The lowest BCUT2D eigenvalue weighted by Crippen LogP contribution is -2.20. The highest BCUT2D eigenvalue weighted by Crippen LogP contribution is 2.37. The lowest BCUT2D eigenvalue weighted by molar-refractivity contribution is -0.394. The van der Waals surface area contributed by atoms with Crippen LogP contribution in [0.3, 0.4) is 0 Å². The van der Waals surface area contributed by atoms with Crippen molar-refractivity contribution in [3.63, 3.8) is 0 Å². The van der Waals surface area contributed by atoms with Crippen molar-refractivity contribution in [1.29, 1.82) is 0 Å². The molecule has 1 amide bonds. The monoisotopic (exact) mass is 432 g/mol. The average molecular weight is 433 g/mol. The molecule has 3 rings (SSSR count). The molecule has 1 saturated carbocycles. The predicted molar refractivity (Wildman–Crippen MR) is 110 cm³/mol. The van der Waals surface area contributed by atoms with E-state index >= 15 is 0 Å². The van der Waals surface area contributed by atoms with Crippen LogP contribution in [0.1, 0.15) is 37.2 Å². The topological polar surface area (TPSA) is 137 Å². The van der Waals surface area contributed by atoms with E-state index in [1.165, 1.54) is 12.1 Å². The van der Waals surface area contributed by atoms with Gasteiger partial charge in [-0.2, -0.15) is 0 Å². The van der Waals surface area contributed by atoms with Crippen LogP contribution in [-0.2, 0) is 4.84 Å². The van der Waals surface area contributed by atoms with Crippen LogP contribution in [0.4, 0.5) is 21.9 Å². The number of nitrogens with one attached hydrogen (secondary N) is 1. The normalized spacial score (nSPS) is 17.4. The molecule has 11 heteroatoms. The Balaban J connectivity index is 1.82. The molecule has 0 aliphatic heterocycles. The van der Waals surface area contributed by atoms with E-state index in [1.54, 1.807) is 24.3 Å². The van der Waals surface area contributed by atoms with Gasteiger partial charge in [0.15, 0.2) is 0 Å². The lowest BCUT2D eigenvalue weighted by Gasteiger charge is -2.23. The summed E-state index contributed by atoms with van der Waals surface area (Å²) in [5, 5.41) is 29.3. The first kappa shape index (κ1) is 21.2.